The second kappa shape index (κ2) is 6.42. The van der Waals surface area contributed by atoms with E-state index in [0.29, 0.717) is 5.92 Å². The van der Waals surface area contributed by atoms with Gasteiger partial charge in [-0.3, -0.25) is 9.69 Å². The summed E-state index contributed by atoms with van der Waals surface area (Å²) in [6.07, 6.45) is 1.02. The van der Waals surface area contributed by atoms with Gasteiger partial charge >= 0.3 is 0 Å². The molecule has 1 aromatic rings. The molecule has 22 heavy (non-hydrogen) atoms. The second-order valence-corrected chi connectivity index (χ2v) is 6.98. The van der Waals surface area contributed by atoms with Crippen LogP contribution in [0.4, 0.5) is 0 Å². The molecule has 5 heteroatoms. The van der Waals surface area contributed by atoms with Crippen molar-refractivity contribution in [1.82, 2.24) is 10.2 Å². The number of ether oxygens (including phenoxy) is 1. The molecule has 0 unspecified atom stereocenters. The average molecular weight is 306 g/mol. The molecule has 3 atom stereocenters. The van der Waals surface area contributed by atoms with Crippen molar-refractivity contribution in [2.24, 2.45) is 11.8 Å². The molecule has 0 saturated carbocycles. The van der Waals surface area contributed by atoms with Gasteiger partial charge in [0.05, 0.1) is 24.7 Å². The van der Waals surface area contributed by atoms with Gasteiger partial charge in [-0.25, -0.2) is 0 Å². The average Bonchev–Trinajstić information content (AvgIpc) is 2.99. The van der Waals surface area contributed by atoms with E-state index in [1.165, 1.54) is 0 Å². The Morgan fingerprint density at radius 2 is 2.23 bits per heavy atom. The third kappa shape index (κ3) is 3.52. The van der Waals surface area contributed by atoms with Crippen LogP contribution in [0.2, 0.25) is 0 Å². The number of aryl methyl sites for hydroxylation is 1. The Labute approximate surface area is 132 Å². The van der Waals surface area contributed by atoms with E-state index in [1.54, 1.807) is 0 Å². The van der Waals surface area contributed by atoms with E-state index in [1.807, 2.05) is 19.1 Å². The molecule has 2 aliphatic heterocycles. The quantitative estimate of drug-likeness (QED) is 0.903. The minimum Gasteiger partial charge on any atom is -0.465 e. The number of fused-ring (bicyclic) bond motifs is 2. The third-order valence-corrected chi connectivity index (χ3v) is 4.43. The Morgan fingerprint density at radius 3 is 2.91 bits per heavy atom. The maximum absolute atomic E-state index is 12.3. The van der Waals surface area contributed by atoms with Gasteiger partial charge in [0.25, 0.3) is 0 Å². The highest BCUT2D eigenvalue weighted by Crippen LogP contribution is 2.32. The van der Waals surface area contributed by atoms with Crippen molar-refractivity contribution in [3.05, 3.63) is 23.7 Å². The Hall–Kier alpha value is -1.33. The van der Waals surface area contributed by atoms with Gasteiger partial charge in [0.2, 0.25) is 5.91 Å². The highest BCUT2D eigenvalue weighted by atomic mass is 16.5. The van der Waals surface area contributed by atoms with E-state index < -0.39 is 0 Å². The molecule has 5 nitrogen and oxygen atoms in total. The molecule has 3 heterocycles. The molecule has 3 rings (SSSR count). The first-order chi connectivity index (χ1) is 10.5. The summed E-state index contributed by atoms with van der Waals surface area (Å²) in [4.78, 5) is 14.7. The fraction of sp³-hybridized carbons (Fsp3) is 0.706. The summed E-state index contributed by atoms with van der Waals surface area (Å²) in [5.74, 6) is 2.55. The summed E-state index contributed by atoms with van der Waals surface area (Å²) >= 11 is 0. The van der Waals surface area contributed by atoms with Gasteiger partial charge in [-0.15, -0.1) is 0 Å². The number of nitrogens with zero attached hydrogens (tertiary/aromatic N) is 1. The fourth-order valence-electron chi connectivity index (χ4n) is 3.37. The molecule has 0 aliphatic carbocycles. The summed E-state index contributed by atoms with van der Waals surface area (Å²) in [6.45, 7) is 9.39. The molecular formula is C17H26N2O3. The number of likely N-dealkylation sites (tertiary alicyclic amines) is 1. The minimum atomic E-state index is -0.00733. The Kier molecular flexibility index (Phi) is 4.54. The van der Waals surface area contributed by atoms with E-state index in [2.05, 4.69) is 24.1 Å². The monoisotopic (exact) mass is 306 g/mol. The largest absolute Gasteiger partial charge is 0.465 e. The van der Waals surface area contributed by atoms with Crippen LogP contribution in [0.1, 0.15) is 31.8 Å². The Morgan fingerprint density at radius 1 is 1.41 bits per heavy atom. The molecule has 2 aliphatic rings. The molecule has 1 amide bonds. The van der Waals surface area contributed by atoms with Gasteiger partial charge in [0.15, 0.2) is 0 Å². The number of rotatable bonds is 5. The Balaban J connectivity index is 1.56. The summed E-state index contributed by atoms with van der Waals surface area (Å²) in [5, 5.41) is 3.05. The van der Waals surface area contributed by atoms with Crippen LogP contribution >= 0.6 is 0 Å². The second-order valence-electron chi connectivity index (χ2n) is 6.98. The number of carbonyl (C=O) groups is 1. The highest BCUT2D eigenvalue weighted by molar-refractivity contribution is 5.79. The van der Waals surface area contributed by atoms with Crippen LogP contribution in [-0.2, 0) is 16.1 Å². The van der Waals surface area contributed by atoms with E-state index in [4.69, 9.17) is 9.15 Å². The summed E-state index contributed by atoms with van der Waals surface area (Å²) in [5.41, 5.74) is 0. The van der Waals surface area contributed by atoms with Crippen molar-refractivity contribution in [3.8, 4) is 0 Å². The summed E-state index contributed by atoms with van der Waals surface area (Å²) in [6, 6.07) is 4.02. The Bertz CT molecular complexity index is 526. The van der Waals surface area contributed by atoms with Crippen LogP contribution in [-0.4, -0.2) is 42.6 Å². The topological polar surface area (TPSA) is 54.7 Å². The molecule has 2 fully saturated rings. The lowest BCUT2D eigenvalue weighted by Crippen LogP contribution is -2.45. The van der Waals surface area contributed by atoms with Gasteiger partial charge in [0.1, 0.15) is 11.5 Å². The van der Waals surface area contributed by atoms with Crippen molar-refractivity contribution in [2.75, 3.05) is 19.6 Å². The first-order valence-electron chi connectivity index (χ1n) is 8.22. The molecule has 0 spiro atoms. The number of nitrogens with one attached hydrogen (secondary N) is 1. The number of amides is 1. The van der Waals surface area contributed by atoms with E-state index in [-0.39, 0.29) is 24.0 Å². The SMILES string of the molecule is Cc1ccc(CN2C[C@H]3C[C@H](C(=O)NCC(C)C)[C@@H](C2)O3)o1. The van der Waals surface area contributed by atoms with Crippen LogP contribution in [0, 0.1) is 18.8 Å². The van der Waals surface area contributed by atoms with Crippen LogP contribution in [0.5, 0.6) is 0 Å². The zero-order chi connectivity index (χ0) is 15.7. The molecule has 122 valence electrons. The molecule has 1 aromatic heterocycles. The van der Waals surface area contributed by atoms with Crippen molar-refractivity contribution in [1.29, 1.82) is 0 Å². The summed E-state index contributed by atoms with van der Waals surface area (Å²) < 4.78 is 11.6. The zero-order valence-corrected chi connectivity index (χ0v) is 13.7. The normalized spacial score (nSPS) is 28.3. The minimum absolute atomic E-state index is 0.00733. The maximum Gasteiger partial charge on any atom is 0.225 e. The van der Waals surface area contributed by atoms with Crippen molar-refractivity contribution in [2.45, 2.75) is 45.9 Å². The van der Waals surface area contributed by atoms with Gasteiger partial charge in [-0.05, 0) is 31.4 Å². The zero-order valence-electron chi connectivity index (χ0n) is 13.7. The van der Waals surface area contributed by atoms with Gasteiger partial charge in [0, 0.05) is 19.6 Å². The predicted molar refractivity (Wildman–Crippen MR) is 83.3 cm³/mol. The van der Waals surface area contributed by atoms with Crippen molar-refractivity contribution in [3.63, 3.8) is 0 Å². The maximum atomic E-state index is 12.3. The van der Waals surface area contributed by atoms with E-state index >= 15 is 0 Å². The van der Waals surface area contributed by atoms with Crippen LogP contribution in [0.25, 0.3) is 0 Å². The first kappa shape index (κ1) is 15.6. The van der Waals surface area contributed by atoms with Crippen LogP contribution < -0.4 is 5.32 Å². The standard InChI is InChI=1S/C17H26N2O3/c1-11(2)7-18-17(20)15-6-14-9-19(10-16(15)22-14)8-13-5-4-12(3)21-13/h4-5,11,14-16H,6-10H2,1-3H3,(H,18,20)/t14-,15+,16-/m1/s1. The number of morpholine rings is 1. The lowest BCUT2D eigenvalue weighted by molar-refractivity contribution is -0.128. The third-order valence-electron chi connectivity index (χ3n) is 4.43. The number of furan rings is 1. The smallest absolute Gasteiger partial charge is 0.225 e. The predicted octanol–water partition coefficient (Wildman–Crippen LogP) is 1.95. The summed E-state index contributed by atoms with van der Waals surface area (Å²) in [7, 11) is 0. The van der Waals surface area contributed by atoms with Crippen molar-refractivity contribution >= 4 is 5.91 Å². The van der Waals surface area contributed by atoms with E-state index in [9.17, 15) is 4.79 Å². The molecule has 2 saturated heterocycles. The van der Waals surface area contributed by atoms with Crippen LogP contribution in [0.15, 0.2) is 16.5 Å². The van der Waals surface area contributed by atoms with Gasteiger partial charge in [-0.1, -0.05) is 13.8 Å². The number of hydrogen-bond acceptors (Lipinski definition) is 4. The highest BCUT2D eigenvalue weighted by Gasteiger charge is 2.44. The first-order valence-corrected chi connectivity index (χ1v) is 8.22. The van der Waals surface area contributed by atoms with Crippen molar-refractivity contribution < 1.29 is 13.9 Å². The molecular weight excluding hydrogens is 280 g/mol. The number of carbonyl (C=O) groups excluding carboxylic acids is 1. The van der Waals surface area contributed by atoms with E-state index in [0.717, 1.165) is 44.1 Å². The molecule has 0 aromatic carbocycles. The van der Waals surface area contributed by atoms with Gasteiger partial charge in [-0.2, -0.15) is 0 Å². The lowest BCUT2D eigenvalue weighted by Gasteiger charge is -2.32. The molecule has 2 bridgehead atoms. The van der Waals surface area contributed by atoms with Gasteiger partial charge < -0.3 is 14.5 Å². The fourth-order valence-corrected chi connectivity index (χ4v) is 3.37. The lowest BCUT2D eigenvalue weighted by atomic mass is 9.99. The number of hydrogen-bond donors (Lipinski definition) is 1. The molecule has 0 radical (unpaired) electrons. The van der Waals surface area contributed by atoms with Crippen LogP contribution in [0.3, 0.4) is 0 Å². The molecule has 1 N–H and O–H groups in total.